The summed E-state index contributed by atoms with van der Waals surface area (Å²) in [4.78, 5) is 35.3. The lowest BCUT2D eigenvalue weighted by atomic mass is 10.1. The number of carbonyl (C=O) groups is 1. The number of nitrogens with zero attached hydrogens (tertiary/aromatic N) is 7. The topological polar surface area (TPSA) is 136 Å². The molecule has 2 aliphatic rings. The number of nitrogen functional groups attached to an aromatic ring is 1. The summed E-state index contributed by atoms with van der Waals surface area (Å²) in [5, 5.41) is 2.98. The summed E-state index contributed by atoms with van der Waals surface area (Å²) in [6, 6.07) is 7.14. The summed E-state index contributed by atoms with van der Waals surface area (Å²) in [5.74, 6) is 1.66. The van der Waals surface area contributed by atoms with Gasteiger partial charge in [0.05, 0.1) is 44.0 Å². The Morgan fingerprint density at radius 2 is 1.95 bits per heavy atom. The van der Waals surface area contributed by atoms with E-state index in [4.69, 9.17) is 25.2 Å². The number of carbonyl (C=O) groups excluding carboxylic acids is 1. The zero-order chi connectivity index (χ0) is 25.4. The average Bonchev–Trinajstić information content (AvgIpc) is 3.31. The number of benzene rings is 1. The number of morpholine rings is 1. The quantitative estimate of drug-likeness (QED) is 0.431. The fraction of sp³-hybridized carbons (Fsp3) is 0.320. The van der Waals surface area contributed by atoms with Gasteiger partial charge in [0.2, 0.25) is 5.95 Å². The summed E-state index contributed by atoms with van der Waals surface area (Å²) < 4.78 is 12.9. The molecular formula is C25H27N9O3. The summed E-state index contributed by atoms with van der Waals surface area (Å²) >= 11 is 0. The van der Waals surface area contributed by atoms with Crippen LogP contribution in [0.4, 0.5) is 22.2 Å². The second-order valence-corrected chi connectivity index (χ2v) is 8.91. The highest BCUT2D eigenvalue weighted by Crippen LogP contribution is 2.30. The number of imidazole rings is 1. The molecule has 1 saturated heterocycles. The molecule has 1 fully saturated rings. The molecule has 0 radical (unpaired) electrons. The molecule has 12 nitrogen and oxygen atoms in total. The number of ether oxygens (including phenoxy) is 2. The number of nitrogens with two attached hydrogens (primary N) is 1. The second-order valence-electron chi connectivity index (χ2n) is 8.91. The number of nitrogens with one attached hydrogen (secondary N) is 1. The van der Waals surface area contributed by atoms with Gasteiger partial charge in [-0.1, -0.05) is 6.07 Å². The molecule has 3 N–H and O–H groups in total. The van der Waals surface area contributed by atoms with E-state index in [1.807, 2.05) is 28.8 Å². The fourth-order valence-corrected chi connectivity index (χ4v) is 4.67. The van der Waals surface area contributed by atoms with Crippen molar-refractivity contribution in [3.05, 3.63) is 54.2 Å². The second kappa shape index (κ2) is 9.54. The molecule has 190 valence electrons. The van der Waals surface area contributed by atoms with Crippen molar-refractivity contribution in [3.63, 3.8) is 0 Å². The van der Waals surface area contributed by atoms with Gasteiger partial charge in [0, 0.05) is 62.0 Å². The molecule has 12 heteroatoms. The SMILES string of the molecule is COc1cccc(NC(=O)N2CCc3nc4c(N5CCOCC5)nc(-c5cnc(N)nc5)cn4c3C2)c1. The van der Waals surface area contributed by atoms with E-state index in [1.165, 1.54) is 0 Å². The Morgan fingerprint density at radius 1 is 1.14 bits per heavy atom. The molecule has 1 aromatic carbocycles. The van der Waals surface area contributed by atoms with E-state index in [1.54, 1.807) is 30.5 Å². The molecule has 6 rings (SSSR count). The van der Waals surface area contributed by atoms with Gasteiger partial charge in [-0.25, -0.2) is 24.7 Å². The van der Waals surface area contributed by atoms with Gasteiger partial charge in [-0.15, -0.1) is 0 Å². The van der Waals surface area contributed by atoms with Crippen LogP contribution < -0.4 is 20.7 Å². The average molecular weight is 502 g/mol. The van der Waals surface area contributed by atoms with E-state index in [9.17, 15) is 4.79 Å². The minimum absolute atomic E-state index is 0.177. The van der Waals surface area contributed by atoms with Gasteiger partial charge in [0.15, 0.2) is 11.5 Å². The van der Waals surface area contributed by atoms with Crippen LogP contribution in [0.25, 0.3) is 16.9 Å². The summed E-state index contributed by atoms with van der Waals surface area (Å²) in [6.07, 6.45) is 5.91. The molecule has 37 heavy (non-hydrogen) atoms. The number of amides is 2. The predicted molar refractivity (Wildman–Crippen MR) is 138 cm³/mol. The van der Waals surface area contributed by atoms with Crippen molar-refractivity contribution in [3.8, 4) is 17.0 Å². The van der Waals surface area contributed by atoms with E-state index in [0.29, 0.717) is 49.9 Å². The van der Waals surface area contributed by atoms with Crippen LogP contribution in [0, 0.1) is 0 Å². The molecule has 5 heterocycles. The maximum atomic E-state index is 13.2. The maximum absolute atomic E-state index is 13.2. The largest absolute Gasteiger partial charge is 0.497 e. The first-order valence-electron chi connectivity index (χ1n) is 12.1. The first kappa shape index (κ1) is 23.0. The van der Waals surface area contributed by atoms with Crippen molar-refractivity contribution in [1.29, 1.82) is 0 Å². The molecule has 2 aliphatic heterocycles. The van der Waals surface area contributed by atoms with E-state index in [2.05, 4.69) is 20.2 Å². The van der Waals surface area contributed by atoms with Crippen LogP contribution in [0.1, 0.15) is 11.4 Å². The van der Waals surface area contributed by atoms with E-state index >= 15 is 0 Å². The van der Waals surface area contributed by atoms with Crippen molar-refractivity contribution in [1.82, 2.24) is 29.2 Å². The van der Waals surface area contributed by atoms with Crippen molar-refractivity contribution in [2.24, 2.45) is 0 Å². The Morgan fingerprint density at radius 3 is 2.73 bits per heavy atom. The predicted octanol–water partition coefficient (Wildman–Crippen LogP) is 2.20. The molecule has 0 atom stereocenters. The lowest BCUT2D eigenvalue weighted by Crippen LogP contribution is -2.39. The van der Waals surface area contributed by atoms with Crippen LogP contribution in [-0.2, 0) is 17.7 Å². The van der Waals surface area contributed by atoms with Crippen LogP contribution in [0.5, 0.6) is 5.75 Å². The normalized spacial score (nSPS) is 15.5. The lowest BCUT2D eigenvalue weighted by Gasteiger charge is -2.28. The molecule has 0 bridgehead atoms. The Labute approximate surface area is 213 Å². The number of anilines is 3. The van der Waals surface area contributed by atoms with Gasteiger partial charge in [-0.3, -0.25) is 4.40 Å². The highest BCUT2D eigenvalue weighted by atomic mass is 16.5. The van der Waals surface area contributed by atoms with Crippen molar-refractivity contribution >= 4 is 29.1 Å². The Balaban J connectivity index is 1.36. The monoisotopic (exact) mass is 501 g/mol. The summed E-state index contributed by atoms with van der Waals surface area (Å²) in [6.45, 7) is 3.67. The number of rotatable bonds is 4. The fourth-order valence-electron chi connectivity index (χ4n) is 4.67. The number of aromatic nitrogens is 5. The van der Waals surface area contributed by atoms with Crippen LogP contribution in [0.2, 0.25) is 0 Å². The number of methoxy groups -OCH3 is 1. The van der Waals surface area contributed by atoms with Gasteiger partial charge in [-0.05, 0) is 12.1 Å². The zero-order valence-corrected chi connectivity index (χ0v) is 20.4. The minimum Gasteiger partial charge on any atom is -0.497 e. The molecule has 2 amide bonds. The molecule has 0 unspecified atom stereocenters. The first-order chi connectivity index (χ1) is 18.1. The highest BCUT2D eigenvalue weighted by molar-refractivity contribution is 5.89. The minimum atomic E-state index is -0.177. The first-order valence-corrected chi connectivity index (χ1v) is 12.1. The van der Waals surface area contributed by atoms with Crippen molar-refractivity contribution in [2.45, 2.75) is 13.0 Å². The summed E-state index contributed by atoms with van der Waals surface area (Å²) in [7, 11) is 1.60. The van der Waals surface area contributed by atoms with Crippen LogP contribution >= 0.6 is 0 Å². The molecular weight excluding hydrogens is 474 g/mol. The third-order valence-corrected chi connectivity index (χ3v) is 6.62. The molecule has 0 aliphatic carbocycles. The smallest absolute Gasteiger partial charge is 0.322 e. The standard InChI is InChI=1S/C25H27N9O3/c1-36-18-4-2-3-17(11-18)29-25(35)33-6-5-19-21(15-33)34-14-20(16-12-27-24(26)28-13-16)31-22(23(34)30-19)32-7-9-37-10-8-32/h2-4,11-14H,5-10,15H2,1H3,(H,29,35)(H2,26,27,28). The highest BCUT2D eigenvalue weighted by Gasteiger charge is 2.28. The molecule has 0 saturated carbocycles. The van der Waals surface area contributed by atoms with Gasteiger partial charge in [0.25, 0.3) is 0 Å². The van der Waals surface area contributed by atoms with Crippen LogP contribution in [0.3, 0.4) is 0 Å². The van der Waals surface area contributed by atoms with Crippen molar-refractivity contribution < 1.29 is 14.3 Å². The van der Waals surface area contributed by atoms with Gasteiger partial charge >= 0.3 is 6.03 Å². The van der Waals surface area contributed by atoms with E-state index < -0.39 is 0 Å². The number of urea groups is 1. The maximum Gasteiger partial charge on any atom is 0.322 e. The number of hydrogen-bond acceptors (Lipinski definition) is 9. The Bertz CT molecular complexity index is 1450. The third-order valence-electron chi connectivity index (χ3n) is 6.62. The Hall–Kier alpha value is -4.45. The van der Waals surface area contributed by atoms with E-state index in [-0.39, 0.29) is 12.0 Å². The molecule has 0 spiro atoms. The number of fused-ring (bicyclic) bond motifs is 3. The Kier molecular flexibility index (Phi) is 5.93. The van der Waals surface area contributed by atoms with Gasteiger partial charge in [0.1, 0.15) is 5.75 Å². The van der Waals surface area contributed by atoms with Crippen LogP contribution in [0.15, 0.2) is 42.9 Å². The number of hydrogen-bond donors (Lipinski definition) is 2. The molecule has 3 aromatic heterocycles. The van der Waals surface area contributed by atoms with Crippen LogP contribution in [-0.4, -0.2) is 75.2 Å². The third kappa shape index (κ3) is 4.47. The lowest BCUT2D eigenvalue weighted by molar-refractivity contribution is 0.122. The van der Waals surface area contributed by atoms with Gasteiger partial charge in [-0.2, -0.15) is 0 Å². The van der Waals surface area contributed by atoms with E-state index in [0.717, 1.165) is 41.5 Å². The molecule has 4 aromatic rings. The van der Waals surface area contributed by atoms with Crippen molar-refractivity contribution in [2.75, 3.05) is 55.9 Å². The zero-order valence-electron chi connectivity index (χ0n) is 20.4. The summed E-state index contributed by atoms with van der Waals surface area (Å²) in [5.41, 5.74) is 10.5. The van der Waals surface area contributed by atoms with Gasteiger partial charge < -0.3 is 30.3 Å².